The Bertz CT molecular complexity index is 527. The van der Waals surface area contributed by atoms with E-state index >= 15 is 0 Å². The molecule has 0 saturated carbocycles. The minimum absolute atomic E-state index is 0.476. The Morgan fingerprint density at radius 2 is 1.89 bits per heavy atom. The highest BCUT2D eigenvalue weighted by Crippen LogP contribution is 2.31. The van der Waals surface area contributed by atoms with Crippen LogP contribution in [0.2, 0.25) is 5.02 Å². The predicted octanol–water partition coefficient (Wildman–Crippen LogP) is 3.73. The maximum Gasteiger partial charge on any atom is 0.127 e. The Kier molecular flexibility index (Phi) is 4.45. The summed E-state index contributed by atoms with van der Waals surface area (Å²) in [6.07, 6.45) is 0. The summed E-state index contributed by atoms with van der Waals surface area (Å²) < 4.78 is 5.89. The number of ether oxygens (including phenoxy) is 1. The zero-order chi connectivity index (χ0) is 13.0. The summed E-state index contributed by atoms with van der Waals surface area (Å²) in [5.41, 5.74) is 0. The minimum atomic E-state index is 0.476. The molecule has 0 saturated heterocycles. The van der Waals surface area contributed by atoms with E-state index in [-0.39, 0.29) is 0 Å². The maximum absolute atomic E-state index is 6.18. The van der Waals surface area contributed by atoms with Crippen LogP contribution in [0, 0.1) is 5.92 Å². The largest absolute Gasteiger partial charge is 0.493 e. The van der Waals surface area contributed by atoms with Gasteiger partial charge in [-0.25, -0.2) is 0 Å². The average Bonchev–Trinajstić information content (AvgIpc) is 2.39. The van der Waals surface area contributed by atoms with Crippen LogP contribution in [0.15, 0.2) is 36.4 Å². The molecule has 3 heteroatoms. The van der Waals surface area contributed by atoms with Crippen LogP contribution in [0.1, 0.15) is 6.92 Å². The normalized spacial score (nSPS) is 12.6. The van der Waals surface area contributed by atoms with Gasteiger partial charge in [0.15, 0.2) is 0 Å². The van der Waals surface area contributed by atoms with Crippen molar-refractivity contribution >= 4 is 22.4 Å². The third-order valence-corrected chi connectivity index (χ3v) is 3.24. The number of rotatable bonds is 5. The van der Waals surface area contributed by atoms with Crippen molar-refractivity contribution in [3.05, 3.63) is 41.4 Å². The molecule has 0 aromatic heterocycles. The van der Waals surface area contributed by atoms with E-state index in [2.05, 4.69) is 12.2 Å². The fourth-order valence-electron chi connectivity index (χ4n) is 2.00. The lowest BCUT2D eigenvalue weighted by Gasteiger charge is -2.14. The lowest BCUT2D eigenvalue weighted by molar-refractivity contribution is 0.261. The van der Waals surface area contributed by atoms with E-state index in [1.54, 1.807) is 0 Å². The van der Waals surface area contributed by atoms with Crippen LogP contribution >= 0.6 is 11.6 Å². The Morgan fingerprint density at radius 1 is 1.17 bits per heavy atom. The van der Waals surface area contributed by atoms with Crippen molar-refractivity contribution in [1.29, 1.82) is 0 Å². The van der Waals surface area contributed by atoms with Gasteiger partial charge in [0.2, 0.25) is 0 Å². The third-order valence-electron chi connectivity index (χ3n) is 2.91. The number of halogens is 1. The summed E-state index contributed by atoms with van der Waals surface area (Å²) in [5, 5.41) is 6.02. The van der Waals surface area contributed by atoms with Crippen molar-refractivity contribution in [1.82, 2.24) is 5.32 Å². The second kappa shape index (κ2) is 6.07. The van der Waals surface area contributed by atoms with E-state index in [4.69, 9.17) is 16.3 Å². The topological polar surface area (TPSA) is 21.3 Å². The minimum Gasteiger partial charge on any atom is -0.493 e. The van der Waals surface area contributed by atoms with Gasteiger partial charge in [-0.2, -0.15) is 0 Å². The molecule has 1 atom stereocenters. The molecule has 0 amide bonds. The molecule has 0 bridgehead atoms. The van der Waals surface area contributed by atoms with Crippen LogP contribution in [0.5, 0.6) is 5.75 Å². The summed E-state index contributed by atoms with van der Waals surface area (Å²) in [6.45, 7) is 3.81. The molecule has 2 aromatic carbocycles. The molecular formula is C15H18ClNO. The van der Waals surface area contributed by atoms with Crippen LogP contribution in [-0.2, 0) is 0 Å². The molecule has 2 rings (SSSR count). The van der Waals surface area contributed by atoms with Gasteiger partial charge in [0, 0.05) is 28.3 Å². The average molecular weight is 264 g/mol. The standard InChI is InChI=1S/C15H18ClNO/c1-11(9-17-2)10-18-15-8-7-14(16)12-5-3-4-6-13(12)15/h3-8,11,17H,9-10H2,1-2H3. The molecule has 2 nitrogen and oxygen atoms in total. The van der Waals surface area contributed by atoms with Crippen molar-refractivity contribution in [3.63, 3.8) is 0 Å². The first-order valence-corrected chi connectivity index (χ1v) is 6.55. The van der Waals surface area contributed by atoms with Crippen LogP contribution in [0.3, 0.4) is 0 Å². The highest BCUT2D eigenvalue weighted by Gasteiger charge is 2.07. The third kappa shape index (κ3) is 2.95. The monoisotopic (exact) mass is 263 g/mol. The molecule has 2 aromatic rings. The highest BCUT2D eigenvalue weighted by atomic mass is 35.5. The summed E-state index contributed by atoms with van der Waals surface area (Å²) in [5.74, 6) is 1.38. The second-order valence-corrected chi connectivity index (χ2v) is 4.97. The lowest BCUT2D eigenvalue weighted by atomic mass is 10.1. The summed E-state index contributed by atoms with van der Waals surface area (Å²) >= 11 is 6.18. The second-order valence-electron chi connectivity index (χ2n) is 4.56. The van der Waals surface area contributed by atoms with Crippen molar-refractivity contribution < 1.29 is 4.74 Å². The van der Waals surface area contributed by atoms with E-state index in [0.29, 0.717) is 12.5 Å². The van der Waals surface area contributed by atoms with Gasteiger partial charge >= 0.3 is 0 Å². The Hall–Kier alpha value is -1.25. The molecule has 0 spiro atoms. The molecule has 18 heavy (non-hydrogen) atoms. The van der Waals surface area contributed by atoms with Gasteiger partial charge in [0.1, 0.15) is 5.75 Å². The fourth-order valence-corrected chi connectivity index (χ4v) is 2.23. The number of nitrogens with one attached hydrogen (secondary N) is 1. The van der Waals surface area contributed by atoms with Gasteiger partial charge in [-0.3, -0.25) is 0 Å². The summed E-state index contributed by atoms with van der Waals surface area (Å²) in [6, 6.07) is 11.9. The molecule has 0 heterocycles. The Labute approximate surface area is 113 Å². The first-order chi connectivity index (χ1) is 8.72. The number of fused-ring (bicyclic) bond motifs is 1. The highest BCUT2D eigenvalue weighted by molar-refractivity contribution is 6.35. The van der Waals surface area contributed by atoms with Crippen molar-refractivity contribution in [2.24, 2.45) is 5.92 Å². The van der Waals surface area contributed by atoms with E-state index in [0.717, 1.165) is 28.1 Å². The van der Waals surface area contributed by atoms with E-state index < -0.39 is 0 Å². The summed E-state index contributed by atoms with van der Waals surface area (Å²) in [4.78, 5) is 0. The van der Waals surface area contributed by atoms with Crippen molar-refractivity contribution in [2.75, 3.05) is 20.2 Å². The number of benzene rings is 2. The van der Waals surface area contributed by atoms with E-state index in [1.165, 1.54) is 0 Å². The number of hydrogen-bond acceptors (Lipinski definition) is 2. The first-order valence-electron chi connectivity index (χ1n) is 6.17. The molecule has 1 unspecified atom stereocenters. The quantitative estimate of drug-likeness (QED) is 0.888. The van der Waals surface area contributed by atoms with Crippen LogP contribution in [-0.4, -0.2) is 20.2 Å². The fraction of sp³-hybridized carbons (Fsp3) is 0.333. The van der Waals surface area contributed by atoms with Gasteiger partial charge in [-0.05, 0) is 19.2 Å². The molecule has 0 aliphatic heterocycles. The molecule has 0 aliphatic carbocycles. The molecular weight excluding hydrogens is 246 g/mol. The smallest absolute Gasteiger partial charge is 0.127 e. The van der Waals surface area contributed by atoms with Gasteiger partial charge in [0.25, 0.3) is 0 Å². The zero-order valence-corrected chi connectivity index (χ0v) is 11.5. The SMILES string of the molecule is CNCC(C)COc1ccc(Cl)c2ccccc12. The van der Waals surface area contributed by atoms with Gasteiger partial charge in [0.05, 0.1) is 6.61 Å². The molecule has 96 valence electrons. The first kappa shape index (κ1) is 13.2. The zero-order valence-electron chi connectivity index (χ0n) is 10.7. The molecule has 0 radical (unpaired) electrons. The van der Waals surface area contributed by atoms with Crippen LogP contribution in [0.25, 0.3) is 10.8 Å². The molecule has 0 fully saturated rings. The number of hydrogen-bond donors (Lipinski definition) is 1. The van der Waals surface area contributed by atoms with E-state index in [9.17, 15) is 0 Å². The maximum atomic E-state index is 6.18. The Morgan fingerprint density at radius 3 is 2.61 bits per heavy atom. The summed E-state index contributed by atoms with van der Waals surface area (Å²) in [7, 11) is 1.95. The molecule has 0 aliphatic rings. The lowest BCUT2D eigenvalue weighted by Crippen LogP contribution is -2.21. The molecule has 1 N–H and O–H groups in total. The van der Waals surface area contributed by atoms with Gasteiger partial charge in [-0.15, -0.1) is 0 Å². The van der Waals surface area contributed by atoms with E-state index in [1.807, 2.05) is 43.4 Å². The predicted molar refractivity (Wildman–Crippen MR) is 77.5 cm³/mol. The van der Waals surface area contributed by atoms with Crippen LogP contribution < -0.4 is 10.1 Å². The van der Waals surface area contributed by atoms with Gasteiger partial charge < -0.3 is 10.1 Å². The van der Waals surface area contributed by atoms with Crippen molar-refractivity contribution in [2.45, 2.75) is 6.92 Å². The van der Waals surface area contributed by atoms with Crippen molar-refractivity contribution in [3.8, 4) is 5.75 Å². The Balaban J connectivity index is 2.21. The van der Waals surface area contributed by atoms with Crippen LogP contribution in [0.4, 0.5) is 0 Å². The van der Waals surface area contributed by atoms with Gasteiger partial charge in [-0.1, -0.05) is 42.8 Å².